The van der Waals surface area contributed by atoms with Crippen LogP contribution in [0.2, 0.25) is 0 Å². The van der Waals surface area contributed by atoms with Gasteiger partial charge in [-0.25, -0.2) is 9.89 Å². The molecule has 1 heterocycles. The number of aromatic nitrogens is 3. The molecule has 4 N–H and O–H groups in total. The summed E-state index contributed by atoms with van der Waals surface area (Å²) in [6, 6.07) is 0.441. The number of nitrogens with two attached hydrogens (primary N) is 1. The molecule has 0 aliphatic heterocycles. The number of nitrogens with zero attached hydrogens (tertiary/aromatic N) is 2. The summed E-state index contributed by atoms with van der Waals surface area (Å²) in [5.41, 5.74) is 4.87. The van der Waals surface area contributed by atoms with E-state index in [1.165, 1.54) is 4.57 Å². The second kappa shape index (κ2) is 5.49. The Morgan fingerprint density at radius 1 is 1.52 bits per heavy atom. The number of primary amides is 1. The Hall–Kier alpha value is -1.28. The van der Waals surface area contributed by atoms with Gasteiger partial charge in [0.1, 0.15) is 0 Å². The van der Waals surface area contributed by atoms with Crippen LogP contribution >= 0.6 is 11.8 Å². The first-order valence-electron chi connectivity index (χ1n) is 7.36. The molecule has 2 aliphatic carbocycles. The van der Waals surface area contributed by atoms with E-state index < -0.39 is 5.54 Å². The third-order valence-corrected chi connectivity index (χ3v) is 5.66. The van der Waals surface area contributed by atoms with Gasteiger partial charge < -0.3 is 11.1 Å². The van der Waals surface area contributed by atoms with E-state index >= 15 is 0 Å². The zero-order chi connectivity index (χ0) is 15.0. The van der Waals surface area contributed by atoms with E-state index in [0.29, 0.717) is 17.6 Å². The van der Waals surface area contributed by atoms with Gasteiger partial charge in [0.25, 0.3) is 0 Å². The van der Waals surface area contributed by atoms with Crippen molar-refractivity contribution in [3.63, 3.8) is 0 Å². The van der Waals surface area contributed by atoms with Crippen LogP contribution in [0.4, 0.5) is 0 Å². The monoisotopic (exact) mass is 311 g/mol. The summed E-state index contributed by atoms with van der Waals surface area (Å²) in [5, 5.41) is 10.8. The molecule has 3 rings (SSSR count). The largest absolute Gasteiger partial charge is 0.368 e. The molecule has 1 amide bonds. The van der Waals surface area contributed by atoms with E-state index in [4.69, 9.17) is 5.73 Å². The fraction of sp³-hybridized carbons (Fsp3) is 0.769. The maximum atomic E-state index is 12.0. The highest BCUT2D eigenvalue weighted by Gasteiger charge is 2.44. The first-order valence-corrected chi connectivity index (χ1v) is 8.24. The lowest BCUT2D eigenvalue weighted by Crippen LogP contribution is -2.59. The van der Waals surface area contributed by atoms with Crippen molar-refractivity contribution in [2.45, 2.75) is 60.5 Å². The molecule has 2 atom stereocenters. The first kappa shape index (κ1) is 14.6. The van der Waals surface area contributed by atoms with Crippen molar-refractivity contribution in [2.24, 2.45) is 12.8 Å². The van der Waals surface area contributed by atoms with Crippen LogP contribution in [0.15, 0.2) is 9.95 Å². The Bertz CT molecular complexity index is 594. The first-order chi connectivity index (χ1) is 10.00. The Morgan fingerprint density at radius 3 is 2.86 bits per heavy atom. The van der Waals surface area contributed by atoms with Crippen LogP contribution in [0.1, 0.15) is 38.5 Å². The van der Waals surface area contributed by atoms with E-state index in [9.17, 15) is 9.59 Å². The van der Waals surface area contributed by atoms with Gasteiger partial charge in [-0.3, -0.25) is 9.36 Å². The van der Waals surface area contributed by atoms with Crippen molar-refractivity contribution < 1.29 is 4.79 Å². The van der Waals surface area contributed by atoms with E-state index in [1.54, 1.807) is 18.8 Å². The predicted molar refractivity (Wildman–Crippen MR) is 80.0 cm³/mol. The van der Waals surface area contributed by atoms with E-state index in [2.05, 4.69) is 15.5 Å². The number of carbonyl (C=O) groups is 1. The molecule has 0 spiro atoms. The van der Waals surface area contributed by atoms with E-state index in [0.717, 1.165) is 32.1 Å². The lowest BCUT2D eigenvalue weighted by molar-refractivity contribution is -0.125. The quantitative estimate of drug-likeness (QED) is 0.716. The smallest absolute Gasteiger partial charge is 0.343 e. The minimum absolute atomic E-state index is 0.217. The SMILES string of the molecule is Cn1c(SC2CCCC(NC3CC3)(C(N)=O)C2)n[nH]c1=O. The zero-order valence-corrected chi connectivity index (χ0v) is 12.9. The van der Waals surface area contributed by atoms with Crippen LogP contribution in [0.3, 0.4) is 0 Å². The Balaban J connectivity index is 1.73. The number of rotatable bonds is 5. The van der Waals surface area contributed by atoms with Gasteiger partial charge in [-0.2, -0.15) is 0 Å². The Labute approximate surface area is 127 Å². The van der Waals surface area contributed by atoms with Crippen molar-refractivity contribution in [3.05, 3.63) is 10.5 Å². The molecule has 8 heteroatoms. The fourth-order valence-electron chi connectivity index (χ4n) is 2.96. The normalized spacial score (nSPS) is 29.5. The molecule has 2 aliphatic rings. The van der Waals surface area contributed by atoms with Gasteiger partial charge in [0.05, 0.1) is 5.54 Å². The number of H-pyrrole nitrogens is 1. The number of hydrogen-bond acceptors (Lipinski definition) is 5. The average molecular weight is 311 g/mol. The van der Waals surface area contributed by atoms with Crippen LogP contribution in [0, 0.1) is 0 Å². The summed E-state index contributed by atoms with van der Waals surface area (Å²) in [6.07, 6.45) is 5.72. The molecule has 1 aromatic heterocycles. The minimum atomic E-state index is -0.591. The summed E-state index contributed by atoms with van der Waals surface area (Å²) in [4.78, 5) is 23.4. The molecule has 0 saturated heterocycles. The van der Waals surface area contributed by atoms with Gasteiger partial charge in [0.15, 0.2) is 5.16 Å². The van der Waals surface area contributed by atoms with Crippen molar-refractivity contribution >= 4 is 17.7 Å². The topological polar surface area (TPSA) is 106 Å². The molecule has 2 saturated carbocycles. The van der Waals surface area contributed by atoms with Crippen molar-refractivity contribution in [1.82, 2.24) is 20.1 Å². The summed E-state index contributed by atoms with van der Waals surface area (Å²) in [5.74, 6) is -0.254. The van der Waals surface area contributed by atoms with Gasteiger partial charge in [0.2, 0.25) is 5.91 Å². The van der Waals surface area contributed by atoms with E-state index in [-0.39, 0.29) is 16.8 Å². The van der Waals surface area contributed by atoms with Crippen LogP contribution in [-0.4, -0.2) is 37.5 Å². The summed E-state index contributed by atoms with van der Waals surface area (Å²) < 4.78 is 1.50. The van der Waals surface area contributed by atoms with Gasteiger partial charge in [-0.1, -0.05) is 11.8 Å². The highest BCUT2D eigenvalue weighted by molar-refractivity contribution is 7.99. The summed E-state index contributed by atoms with van der Waals surface area (Å²) in [7, 11) is 1.70. The molecule has 116 valence electrons. The average Bonchev–Trinajstić information content (AvgIpc) is 3.20. The second-order valence-electron chi connectivity index (χ2n) is 6.07. The molecule has 2 unspecified atom stereocenters. The molecule has 21 heavy (non-hydrogen) atoms. The lowest BCUT2D eigenvalue weighted by atomic mass is 9.80. The number of carbonyl (C=O) groups excluding carboxylic acids is 1. The Kier molecular flexibility index (Phi) is 3.83. The number of aromatic amines is 1. The second-order valence-corrected chi connectivity index (χ2v) is 7.34. The standard InChI is InChI=1S/C13H21N5O2S/c1-18-11(20)16-17-12(18)21-9-3-2-6-13(7-9,10(14)19)15-8-4-5-8/h8-9,15H,2-7H2,1H3,(H2,14,19)(H,16,20). The molecular weight excluding hydrogens is 290 g/mol. The molecule has 0 aromatic carbocycles. The number of thioether (sulfide) groups is 1. The van der Waals surface area contributed by atoms with Crippen LogP contribution in [0.5, 0.6) is 0 Å². The van der Waals surface area contributed by atoms with Gasteiger partial charge in [0, 0.05) is 18.3 Å². The van der Waals surface area contributed by atoms with Gasteiger partial charge >= 0.3 is 5.69 Å². The molecule has 7 nitrogen and oxygen atoms in total. The minimum Gasteiger partial charge on any atom is -0.368 e. The van der Waals surface area contributed by atoms with Crippen LogP contribution in [-0.2, 0) is 11.8 Å². The summed E-state index contributed by atoms with van der Waals surface area (Å²) >= 11 is 1.55. The van der Waals surface area contributed by atoms with Gasteiger partial charge in [-0.05, 0) is 38.5 Å². The highest BCUT2D eigenvalue weighted by atomic mass is 32.2. The van der Waals surface area contributed by atoms with Gasteiger partial charge in [-0.15, -0.1) is 5.10 Å². The third-order valence-electron chi connectivity index (χ3n) is 4.35. The van der Waals surface area contributed by atoms with Crippen molar-refractivity contribution in [1.29, 1.82) is 0 Å². The number of amides is 1. The molecular formula is C13H21N5O2S. The fourth-order valence-corrected chi connectivity index (χ4v) is 4.25. The lowest BCUT2D eigenvalue weighted by Gasteiger charge is -2.39. The maximum absolute atomic E-state index is 12.0. The predicted octanol–water partition coefficient (Wildman–Crippen LogP) is 0.119. The Morgan fingerprint density at radius 2 is 2.29 bits per heavy atom. The van der Waals surface area contributed by atoms with Crippen molar-refractivity contribution in [3.8, 4) is 0 Å². The molecule has 1 aromatic rings. The zero-order valence-electron chi connectivity index (χ0n) is 12.1. The third kappa shape index (κ3) is 3.01. The maximum Gasteiger partial charge on any atom is 0.343 e. The summed E-state index contributed by atoms with van der Waals surface area (Å²) in [6.45, 7) is 0. The molecule has 0 bridgehead atoms. The van der Waals surface area contributed by atoms with Crippen LogP contribution in [0.25, 0.3) is 0 Å². The van der Waals surface area contributed by atoms with Crippen LogP contribution < -0.4 is 16.7 Å². The molecule has 0 radical (unpaired) electrons. The molecule has 2 fully saturated rings. The number of hydrogen-bond donors (Lipinski definition) is 3. The highest BCUT2D eigenvalue weighted by Crippen LogP contribution is 2.39. The van der Waals surface area contributed by atoms with Crippen molar-refractivity contribution in [2.75, 3.05) is 0 Å². The van der Waals surface area contributed by atoms with E-state index in [1.807, 2.05) is 0 Å². The number of nitrogens with one attached hydrogen (secondary N) is 2.